The largest absolute Gasteiger partial charge is 0.465 e. The fourth-order valence-corrected chi connectivity index (χ4v) is 3.24. The summed E-state index contributed by atoms with van der Waals surface area (Å²) in [5, 5.41) is 3.91. The lowest BCUT2D eigenvalue weighted by Gasteiger charge is -2.07. The van der Waals surface area contributed by atoms with E-state index in [0.717, 1.165) is 12.8 Å². The second-order valence-electron chi connectivity index (χ2n) is 4.23. The third kappa shape index (κ3) is 4.19. The third-order valence-corrected chi connectivity index (χ3v) is 4.63. The molecule has 1 aromatic rings. The molecule has 0 aliphatic heterocycles. The predicted octanol–water partition coefficient (Wildman–Crippen LogP) is 1.00. The van der Waals surface area contributed by atoms with Gasteiger partial charge in [0, 0.05) is 7.05 Å². The van der Waals surface area contributed by atoms with Crippen LogP contribution in [-0.4, -0.2) is 37.3 Å². The smallest absolute Gasteiger partial charge is 0.321 e. The molecule has 0 saturated heterocycles. The van der Waals surface area contributed by atoms with Crippen molar-refractivity contribution >= 4 is 27.6 Å². The van der Waals surface area contributed by atoms with Gasteiger partial charge in [-0.1, -0.05) is 24.9 Å². The Morgan fingerprint density at radius 1 is 1.50 bits per heavy atom. The van der Waals surface area contributed by atoms with E-state index in [1.165, 1.54) is 18.7 Å². The number of rotatable bonds is 7. The van der Waals surface area contributed by atoms with E-state index in [9.17, 15) is 13.2 Å². The summed E-state index contributed by atoms with van der Waals surface area (Å²) in [6.45, 7) is 3.34. The third-order valence-electron chi connectivity index (χ3n) is 2.54. The van der Waals surface area contributed by atoms with Crippen molar-refractivity contribution in [3.63, 3.8) is 0 Å². The fraction of sp³-hybridized carbons (Fsp3) is 0.636. The Kier molecular flexibility index (Phi) is 5.97. The van der Waals surface area contributed by atoms with Crippen LogP contribution in [0.2, 0.25) is 5.15 Å². The average Bonchev–Trinajstić information content (AvgIpc) is 2.62. The molecule has 1 N–H and O–H groups in total. The molecule has 7 nitrogen and oxygen atoms in total. The van der Waals surface area contributed by atoms with Crippen molar-refractivity contribution in [1.82, 2.24) is 14.5 Å². The first-order valence-electron chi connectivity index (χ1n) is 6.14. The van der Waals surface area contributed by atoms with Gasteiger partial charge in [0.05, 0.1) is 12.3 Å². The second-order valence-corrected chi connectivity index (χ2v) is 6.29. The SMILES string of the molecule is CCCCOC(=O)CNS(=O)(=O)c1c(C)nn(C)c1Cl. The molecule has 114 valence electrons. The molecule has 0 bridgehead atoms. The van der Waals surface area contributed by atoms with Gasteiger partial charge in [0.2, 0.25) is 10.0 Å². The Bertz CT molecular complexity index is 583. The zero-order chi connectivity index (χ0) is 15.3. The molecule has 0 radical (unpaired) electrons. The number of hydrogen-bond donors (Lipinski definition) is 1. The zero-order valence-electron chi connectivity index (χ0n) is 11.6. The van der Waals surface area contributed by atoms with Gasteiger partial charge in [0.1, 0.15) is 16.6 Å². The summed E-state index contributed by atoms with van der Waals surface area (Å²) in [4.78, 5) is 11.2. The van der Waals surface area contributed by atoms with Gasteiger partial charge in [-0.2, -0.15) is 9.82 Å². The van der Waals surface area contributed by atoms with Gasteiger partial charge in [-0.15, -0.1) is 0 Å². The van der Waals surface area contributed by atoms with Crippen LogP contribution in [0.4, 0.5) is 0 Å². The highest BCUT2D eigenvalue weighted by Crippen LogP contribution is 2.23. The predicted molar refractivity (Wildman–Crippen MR) is 74.0 cm³/mol. The maximum atomic E-state index is 12.1. The highest BCUT2D eigenvalue weighted by molar-refractivity contribution is 7.89. The van der Waals surface area contributed by atoms with Crippen molar-refractivity contribution in [2.45, 2.75) is 31.6 Å². The van der Waals surface area contributed by atoms with Crippen molar-refractivity contribution in [3.8, 4) is 0 Å². The summed E-state index contributed by atoms with van der Waals surface area (Å²) in [6.07, 6.45) is 1.63. The molecule has 9 heteroatoms. The molecule has 0 atom stereocenters. The second kappa shape index (κ2) is 7.05. The summed E-state index contributed by atoms with van der Waals surface area (Å²) in [6, 6.07) is 0. The van der Waals surface area contributed by atoms with Crippen LogP contribution in [-0.2, 0) is 26.6 Å². The lowest BCUT2D eigenvalue weighted by atomic mass is 10.4. The number of ether oxygens (including phenoxy) is 1. The van der Waals surface area contributed by atoms with Gasteiger partial charge in [0.15, 0.2) is 0 Å². The number of sulfonamides is 1. The molecule has 1 heterocycles. The van der Waals surface area contributed by atoms with E-state index >= 15 is 0 Å². The first kappa shape index (κ1) is 16.9. The van der Waals surface area contributed by atoms with E-state index in [1.807, 2.05) is 6.92 Å². The molecule has 1 rings (SSSR count). The van der Waals surface area contributed by atoms with Crippen LogP contribution in [0, 0.1) is 6.92 Å². The number of halogens is 1. The molecule has 1 aromatic heterocycles. The van der Waals surface area contributed by atoms with E-state index < -0.39 is 22.5 Å². The number of hydrogen-bond acceptors (Lipinski definition) is 5. The first-order valence-corrected chi connectivity index (χ1v) is 8.00. The van der Waals surface area contributed by atoms with Gasteiger partial charge >= 0.3 is 5.97 Å². The van der Waals surface area contributed by atoms with Crippen LogP contribution in [0.25, 0.3) is 0 Å². The van der Waals surface area contributed by atoms with E-state index in [4.69, 9.17) is 16.3 Å². The van der Waals surface area contributed by atoms with Crippen molar-refractivity contribution in [1.29, 1.82) is 0 Å². The molecule has 0 aliphatic rings. The topological polar surface area (TPSA) is 90.3 Å². The highest BCUT2D eigenvalue weighted by atomic mass is 35.5. The van der Waals surface area contributed by atoms with E-state index in [-0.39, 0.29) is 22.3 Å². The van der Waals surface area contributed by atoms with Gasteiger partial charge < -0.3 is 4.74 Å². The summed E-state index contributed by atoms with van der Waals surface area (Å²) in [7, 11) is -2.36. The first-order chi connectivity index (χ1) is 9.29. The normalized spacial score (nSPS) is 11.6. The Balaban J connectivity index is 2.69. The van der Waals surface area contributed by atoms with E-state index in [2.05, 4.69) is 9.82 Å². The van der Waals surface area contributed by atoms with Gasteiger partial charge in [0.25, 0.3) is 0 Å². The fourth-order valence-electron chi connectivity index (χ4n) is 1.52. The van der Waals surface area contributed by atoms with E-state index in [0.29, 0.717) is 0 Å². The van der Waals surface area contributed by atoms with Crippen LogP contribution in [0.5, 0.6) is 0 Å². The standard InChI is InChI=1S/C11H18ClN3O4S/c1-4-5-6-19-9(16)7-13-20(17,18)10-8(2)14-15(3)11(10)12/h13H,4-7H2,1-3H3. The molecule has 0 unspecified atom stereocenters. The summed E-state index contributed by atoms with van der Waals surface area (Å²) in [5.41, 5.74) is 0.268. The van der Waals surface area contributed by atoms with Gasteiger partial charge in [-0.3, -0.25) is 9.48 Å². The van der Waals surface area contributed by atoms with Crippen molar-refractivity contribution in [3.05, 3.63) is 10.8 Å². The van der Waals surface area contributed by atoms with Crippen molar-refractivity contribution in [2.75, 3.05) is 13.2 Å². The van der Waals surface area contributed by atoms with E-state index in [1.54, 1.807) is 0 Å². The molecular formula is C11H18ClN3O4S. The Hall–Kier alpha value is -1.12. The number of unbranched alkanes of at least 4 members (excludes halogenated alkanes) is 1. The van der Waals surface area contributed by atoms with Crippen LogP contribution < -0.4 is 4.72 Å². The van der Waals surface area contributed by atoms with Crippen LogP contribution in [0.1, 0.15) is 25.5 Å². The molecule has 0 spiro atoms. The lowest BCUT2D eigenvalue weighted by molar-refractivity contribution is -0.142. The van der Waals surface area contributed by atoms with Gasteiger partial charge in [-0.05, 0) is 13.3 Å². The molecule has 0 saturated carbocycles. The quantitative estimate of drug-likeness (QED) is 0.597. The Labute approximate surface area is 123 Å². The summed E-state index contributed by atoms with van der Waals surface area (Å²) in [5.74, 6) is -0.625. The molecule has 0 fully saturated rings. The summed E-state index contributed by atoms with van der Waals surface area (Å²) < 4.78 is 32.4. The number of nitrogens with zero attached hydrogens (tertiary/aromatic N) is 2. The van der Waals surface area contributed by atoms with Crippen molar-refractivity contribution < 1.29 is 17.9 Å². The minimum Gasteiger partial charge on any atom is -0.465 e. The molecular weight excluding hydrogens is 306 g/mol. The number of aryl methyl sites for hydroxylation is 2. The molecule has 0 aliphatic carbocycles. The number of carbonyl (C=O) groups is 1. The lowest BCUT2D eigenvalue weighted by Crippen LogP contribution is -2.31. The van der Waals surface area contributed by atoms with Gasteiger partial charge in [-0.25, -0.2) is 8.42 Å². The average molecular weight is 324 g/mol. The Morgan fingerprint density at radius 3 is 2.65 bits per heavy atom. The minimum absolute atomic E-state index is 0.00523. The minimum atomic E-state index is -3.89. The van der Waals surface area contributed by atoms with Crippen LogP contribution in [0.3, 0.4) is 0 Å². The van der Waals surface area contributed by atoms with Crippen LogP contribution >= 0.6 is 11.6 Å². The molecule has 0 amide bonds. The number of nitrogens with one attached hydrogen (secondary N) is 1. The Morgan fingerprint density at radius 2 is 2.15 bits per heavy atom. The highest BCUT2D eigenvalue weighted by Gasteiger charge is 2.25. The zero-order valence-corrected chi connectivity index (χ0v) is 13.2. The summed E-state index contributed by atoms with van der Waals surface area (Å²) >= 11 is 5.88. The number of esters is 1. The van der Waals surface area contributed by atoms with Crippen molar-refractivity contribution in [2.24, 2.45) is 7.05 Å². The number of carbonyl (C=O) groups excluding carboxylic acids is 1. The maximum Gasteiger partial charge on any atom is 0.321 e. The van der Waals surface area contributed by atoms with Crippen LogP contribution in [0.15, 0.2) is 4.90 Å². The monoisotopic (exact) mass is 323 g/mol. The number of aromatic nitrogens is 2. The maximum absolute atomic E-state index is 12.1. The molecule has 0 aromatic carbocycles. The molecule has 20 heavy (non-hydrogen) atoms.